The van der Waals surface area contributed by atoms with Crippen LogP contribution < -0.4 is 5.32 Å². The van der Waals surface area contributed by atoms with Crippen LogP contribution in [-0.2, 0) is 17.8 Å². The molecule has 1 aromatic rings. The van der Waals surface area contributed by atoms with Crippen LogP contribution in [0.2, 0.25) is 0 Å². The zero-order valence-corrected chi connectivity index (χ0v) is 13.2. The van der Waals surface area contributed by atoms with Gasteiger partial charge < -0.3 is 10.1 Å². The lowest BCUT2D eigenvalue weighted by atomic mass is 10.1. The van der Waals surface area contributed by atoms with E-state index in [0.717, 1.165) is 19.6 Å². The second-order valence-corrected chi connectivity index (χ2v) is 6.96. The predicted octanol–water partition coefficient (Wildman–Crippen LogP) is 4.08. The third kappa shape index (κ3) is 5.64. The fourth-order valence-electron chi connectivity index (χ4n) is 2.65. The average Bonchev–Trinajstić information content (AvgIpc) is 2.89. The summed E-state index contributed by atoms with van der Waals surface area (Å²) in [5.74, 6) is 0. The van der Waals surface area contributed by atoms with Crippen molar-refractivity contribution in [3.63, 3.8) is 0 Å². The molecule has 0 aromatic heterocycles. The lowest BCUT2D eigenvalue weighted by Gasteiger charge is -2.20. The third-order valence-corrected chi connectivity index (χ3v) is 3.88. The highest BCUT2D eigenvalue weighted by atomic mass is 16.5. The lowest BCUT2D eigenvalue weighted by Crippen LogP contribution is -2.37. The van der Waals surface area contributed by atoms with E-state index in [1.165, 1.54) is 36.8 Å². The summed E-state index contributed by atoms with van der Waals surface area (Å²) < 4.78 is 5.94. The molecule has 2 heteroatoms. The molecule has 2 nitrogen and oxygen atoms in total. The quantitative estimate of drug-likeness (QED) is 0.844. The number of rotatable bonds is 6. The Morgan fingerprint density at radius 3 is 2.25 bits per heavy atom. The largest absolute Gasteiger partial charge is 0.374 e. The molecular weight excluding hydrogens is 246 g/mol. The van der Waals surface area contributed by atoms with E-state index in [-0.39, 0.29) is 5.54 Å². The van der Waals surface area contributed by atoms with E-state index in [0.29, 0.717) is 6.10 Å². The Balaban J connectivity index is 1.71. The van der Waals surface area contributed by atoms with Gasteiger partial charge in [-0.05, 0) is 57.7 Å². The molecule has 1 N–H and O–H groups in total. The number of hydrogen-bond donors (Lipinski definition) is 1. The van der Waals surface area contributed by atoms with Gasteiger partial charge in [0.25, 0.3) is 0 Å². The van der Waals surface area contributed by atoms with Crippen LogP contribution >= 0.6 is 0 Å². The molecule has 20 heavy (non-hydrogen) atoms. The van der Waals surface area contributed by atoms with Gasteiger partial charge in [-0.3, -0.25) is 0 Å². The van der Waals surface area contributed by atoms with Crippen LogP contribution in [0.4, 0.5) is 0 Å². The topological polar surface area (TPSA) is 21.3 Å². The molecule has 0 unspecified atom stereocenters. The first kappa shape index (κ1) is 15.5. The van der Waals surface area contributed by atoms with Gasteiger partial charge in [0.2, 0.25) is 0 Å². The summed E-state index contributed by atoms with van der Waals surface area (Å²) in [4.78, 5) is 0. The molecular formula is C18H29NO. The molecule has 1 fully saturated rings. The SMILES string of the molecule is CC(C)(C)NCCc1ccc(COC2CCCC2)cc1. The van der Waals surface area contributed by atoms with Crippen LogP contribution in [0.25, 0.3) is 0 Å². The number of ether oxygens (including phenoxy) is 1. The molecule has 1 saturated carbocycles. The average molecular weight is 275 g/mol. The molecule has 1 aliphatic rings. The smallest absolute Gasteiger partial charge is 0.0720 e. The van der Waals surface area contributed by atoms with Crippen molar-refractivity contribution in [2.24, 2.45) is 0 Å². The predicted molar refractivity (Wildman–Crippen MR) is 84.9 cm³/mol. The van der Waals surface area contributed by atoms with Gasteiger partial charge in [-0.25, -0.2) is 0 Å². The summed E-state index contributed by atoms with van der Waals surface area (Å²) in [6.07, 6.45) is 6.76. The van der Waals surface area contributed by atoms with Gasteiger partial charge in [-0.15, -0.1) is 0 Å². The minimum absolute atomic E-state index is 0.203. The molecule has 0 spiro atoms. The van der Waals surface area contributed by atoms with E-state index < -0.39 is 0 Å². The van der Waals surface area contributed by atoms with Crippen LogP contribution in [0.3, 0.4) is 0 Å². The fraction of sp³-hybridized carbons (Fsp3) is 0.667. The molecule has 0 saturated heterocycles. The van der Waals surface area contributed by atoms with Gasteiger partial charge in [0.15, 0.2) is 0 Å². The van der Waals surface area contributed by atoms with Crippen molar-refractivity contribution in [1.29, 1.82) is 0 Å². The van der Waals surface area contributed by atoms with Crippen molar-refractivity contribution >= 4 is 0 Å². The monoisotopic (exact) mass is 275 g/mol. The Bertz CT molecular complexity index is 385. The van der Waals surface area contributed by atoms with E-state index in [4.69, 9.17) is 4.74 Å². The summed E-state index contributed by atoms with van der Waals surface area (Å²) in [5, 5.41) is 3.52. The summed E-state index contributed by atoms with van der Waals surface area (Å²) in [6.45, 7) is 8.41. The number of hydrogen-bond acceptors (Lipinski definition) is 2. The maximum Gasteiger partial charge on any atom is 0.0720 e. The second kappa shape index (κ2) is 7.24. The first-order valence-corrected chi connectivity index (χ1v) is 7.97. The Morgan fingerprint density at radius 1 is 1.05 bits per heavy atom. The van der Waals surface area contributed by atoms with Crippen molar-refractivity contribution in [2.45, 2.75) is 71.1 Å². The van der Waals surface area contributed by atoms with Gasteiger partial charge >= 0.3 is 0 Å². The molecule has 0 amide bonds. The van der Waals surface area contributed by atoms with Crippen molar-refractivity contribution < 1.29 is 4.74 Å². The maximum absolute atomic E-state index is 5.94. The highest BCUT2D eigenvalue weighted by Gasteiger charge is 2.15. The van der Waals surface area contributed by atoms with Crippen LogP contribution in [-0.4, -0.2) is 18.2 Å². The molecule has 1 aromatic carbocycles. The van der Waals surface area contributed by atoms with E-state index in [2.05, 4.69) is 50.4 Å². The summed E-state index contributed by atoms with van der Waals surface area (Å²) in [6, 6.07) is 8.89. The van der Waals surface area contributed by atoms with Crippen LogP contribution in [0, 0.1) is 0 Å². The van der Waals surface area contributed by atoms with Crippen LogP contribution in [0.15, 0.2) is 24.3 Å². The first-order valence-electron chi connectivity index (χ1n) is 7.97. The van der Waals surface area contributed by atoms with E-state index in [1.54, 1.807) is 0 Å². The highest BCUT2D eigenvalue weighted by Crippen LogP contribution is 2.22. The summed E-state index contributed by atoms with van der Waals surface area (Å²) in [7, 11) is 0. The highest BCUT2D eigenvalue weighted by molar-refractivity contribution is 5.22. The van der Waals surface area contributed by atoms with Crippen molar-refractivity contribution in [3.05, 3.63) is 35.4 Å². The molecule has 0 atom stereocenters. The fourth-order valence-corrected chi connectivity index (χ4v) is 2.65. The summed E-state index contributed by atoms with van der Waals surface area (Å²) >= 11 is 0. The van der Waals surface area contributed by atoms with E-state index in [9.17, 15) is 0 Å². The van der Waals surface area contributed by atoms with Gasteiger partial charge in [-0.1, -0.05) is 37.1 Å². The lowest BCUT2D eigenvalue weighted by molar-refractivity contribution is 0.0457. The molecule has 0 heterocycles. The summed E-state index contributed by atoms with van der Waals surface area (Å²) in [5.41, 5.74) is 2.89. The Kier molecular flexibility index (Phi) is 5.62. The van der Waals surface area contributed by atoms with Crippen LogP contribution in [0.1, 0.15) is 57.6 Å². The minimum Gasteiger partial charge on any atom is -0.374 e. The number of benzene rings is 1. The third-order valence-electron chi connectivity index (χ3n) is 3.88. The standard InChI is InChI=1S/C18H29NO/c1-18(2,3)19-13-12-15-8-10-16(11-9-15)14-20-17-6-4-5-7-17/h8-11,17,19H,4-7,12-14H2,1-3H3. The molecule has 112 valence electrons. The number of nitrogens with one attached hydrogen (secondary N) is 1. The Hall–Kier alpha value is -0.860. The van der Waals surface area contributed by atoms with E-state index in [1.807, 2.05) is 0 Å². The van der Waals surface area contributed by atoms with Crippen molar-refractivity contribution in [2.75, 3.05) is 6.54 Å². The van der Waals surface area contributed by atoms with Crippen molar-refractivity contribution in [1.82, 2.24) is 5.32 Å². The Labute approximate surface area is 123 Å². The maximum atomic E-state index is 5.94. The molecule has 0 radical (unpaired) electrons. The van der Waals surface area contributed by atoms with Gasteiger partial charge in [-0.2, -0.15) is 0 Å². The zero-order valence-electron chi connectivity index (χ0n) is 13.2. The van der Waals surface area contributed by atoms with Crippen LogP contribution in [0.5, 0.6) is 0 Å². The minimum atomic E-state index is 0.203. The normalized spacial score (nSPS) is 16.8. The van der Waals surface area contributed by atoms with Gasteiger partial charge in [0.1, 0.15) is 0 Å². The van der Waals surface area contributed by atoms with Crippen molar-refractivity contribution in [3.8, 4) is 0 Å². The molecule has 0 aliphatic heterocycles. The van der Waals surface area contributed by atoms with Gasteiger partial charge in [0.05, 0.1) is 12.7 Å². The van der Waals surface area contributed by atoms with E-state index >= 15 is 0 Å². The molecule has 2 rings (SSSR count). The first-order chi connectivity index (χ1) is 9.53. The molecule has 0 bridgehead atoms. The second-order valence-electron chi connectivity index (χ2n) is 6.96. The Morgan fingerprint density at radius 2 is 1.65 bits per heavy atom. The molecule has 1 aliphatic carbocycles. The van der Waals surface area contributed by atoms with Gasteiger partial charge in [0, 0.05) is 5.54 Å². The zero-order chi connectivity index (χ0) is 14.4.